The van der Waals surface area contributed by atoms with E-state index < -0.39 is 12.1 Å². The van der Waals surface area contributed by atoms with Crippen LogP contribution in [0.2, 0.25) is 0 Å². The molecule has 2 rings (SSSR count). The van der Waals surface area contributed by atoms with Crippen LogP contribution in [0.5, 0.6) is 0 Å². The van der Waals surface area contributed by atoms with Crippen molar-refractivity contribution in [1.29, 1.82) is 0 Å². The largest absolute Gasteiger partial charge is 0.467 e. The highest BCUT2D eigenvalue weighted by atomic mass is 16.6. The number of hydrogen-bond donors (Lipinski definition) is 0. The predicted octanol–water partition coefficient (Wildman–Crippen LogP) is 1.33. The number of carbonyl (C=O) groups is 2. The molecule has 1 unspecified atom stereocenters. The van der Waals surface area contributed by atoms with Crippen LogP contribution in [0.4, 0.5) is 0 Å². The summed E-state index contributed by atoms with van der Waals surface area (Å²) in [7, 11) is 1.32. The molecule has 1 saturated heterocycles. The first-order chi connectivity index (χ1) is 10.1. The summed E-state index contributed by atoms with van der Waals surface area (Å²) < 4.78 is 9.99. The van der Waals surface area contributed by atoms with E-state index in [9.17, 15) is 9.59 Å². The first-order valence-corrected chi connectivity index (χ1v) is 7.13. The van der Waals surface area contributed by atoms with Crippen LogP contribution in [0.15, 0.2) is 24.3 Å². The molecule has 0 aromatic heterocycles. The molecule has 5 nitrogen and oxygen atoms in total. The lowest BCUT2D eigenvalue weighted by molar-refractivity contribution is -0.162. The van der Waals surface area contributed by atoms with Crippen LogP contribution < -0.4 is 0 Å². The summed E-state index contributed by atoms with van der Waals surface area (Å²) in [6.07, 6.45) is 0.496. The normalized spacial score (nSPS) is 18.4. The molecule has 5 heteroatoms. The number of carbonyl (C=O) groups excluding carboxylic acids is 2. The molecule has 0 bridgehead atoms. The summed E-state index contributed by atoms with van der Waals surface area (Å²) in [4.78, 5) is 25.4. The van der Waals surface area contributed by atoms with Crippen molar-refractivity contribution < 1.29 is 19.1 Å². The quantitative estimate of drug-likeness (QED) is 0.785. The van der Waals surface area contributed by atoms with E-state index in [0.717, 1.165) is 0 Å². The molecule has 0 saturated carbocycles. The Balaban J connectivity index is 1.88. The number of morpholine rings is 1. The maximum Gasteiger partial charge on any atom is 0.336 e. The van der Waals surface area contributed by atoms with Gasteiger partial charge >= 0.3 is 5.97 Å². The van der Waals surface area contributed by atoms with Gasteiger partial charge in [0.1, 0.15) is 0 Å². The van der Waals surface area contributed by atoms with Crippen molar-refractivity contribution in [2.75, 3.05) is 26.8 Å². The lowest BCUT2D eigenvalue weighted by atomic mass is 10.0. The zero-order valence-electron chi connectivity index (χ0n) is 12.5. The number of ether oxygens (including phenoxy) is 2. The summed E-state index contributed by atoms with van der Waals surface area (Å²) in [5.41, 5.74) is 2.38. The topological polar surface area (TPSA) is 55.8 Å². The zero-order valence-corrected chi connectivity index (χ0v) is 12.5. The van der Waals surface area contributed by atoms with Crippen molar-refractivity contribution in [3.63, 3.8) is 0 Å². The number of aryl methyl sites for hydroxylation is 2. The van der Waals surface area contributed by atoms with E-state index in [-0.39, 0.29) is 12.5 Å². The van der Waals surface area contributed by atoms with Gasteiger partial charge in [-0.05, 0) is 24.5 Å². The average molecular weight is 291 g/mol. The minimum absolute atomic E-state index is 0.0513. The number of rotatable bonds is 4. The summed E-state index contributed by atoms with van der Waals surface area (Å²) in [5.74, 6) is -0.373. The number of methoxy groups -OCH3 is 1. The van der Waals surface area contributed by atoms with E-state index in [0.29, 0.717) is 26.0 Å². The van der Waals surface area contributed by atoms with Crippen LogP contribution in [-0.4, -0.2) is 49.7 Å². The van der Waals surface area contributed by atoms with Gasteiger partial charge in [0.05, 0.1) is 20.3 Å². The van der Waals surface area contributed by atoms with Gasteiger partial charge in [-0.25, -0.2) is 4.79 Å². The van der Waals surface area contributed by atoms with E-state index in [1.165, 1.54) is 18.2 Å². The first-order valence-electron chi connectivity index (χ1n) is 7.13. The fraction of sp³-hybridized carbons (Fsp3) is 0.500. The number of amides is 1. The molecule has 114 valence electrons. The molecule has 0 radical (unpaired) electrons. The summed E-state index contributed by atoms with van der Waals surface area (Å²) >= 11 is 0. The van der Waals surface area contributed by atoms with Crippen molar-refractivity contribution in [2.45, 2.75) is 25.9 Å². The van der Waals surface area contributed by atoms with Crippen molar-refractivity contribution in [3.05, 3.63) is 35.4 Å². The maximum absolute atomic E-state index is 12.3. The fourth-order valence-electron chi connectivity index (χ4n) is 2.44. The summed E-state index contributed by atoms with van der Waals surface area (Å²) in [6, 6.07) is 8.05. The Morgan fingerprint density at radius 1 is 1.38 bits per heavy atom. The lowest BCUT2D eigenvalue weighted by Gasteiger charge is -2.31. The first kappa shape index (κ1) is 15.5. The molecule has 1 amide bonds. The zero-order chi connectivity index (χ0) is 15.2. The number of hydrogen-bond acceptors (Lipinski definition) is 4. The number of benzene rings is 1. The Hall–Kier alpha value is -1.88. The van der Waals surface area contributed by atoms with E-state index in [2.05, 4.69) is 4.74 Å². The second-order valence-electron chi connectivity index (χ2n) is 5.15. The van der Waals surface area contributed by atoms with Gasteiger partial charge in [-0.15, -0.1) is 0 Å². The fourth-order valence-corrected chi connectivity index (χ4v) is 2.44. The third-order valence-corrected chi connectivity index (χ3v) is 3.75. The van der Waals surface area contributed by atoms with Gasteiger partial charge in [-0.2, -0.15) is 0 Å². The molecule has 1 aromatic carbocycles. The molecule has 0 aliphatic carbocycles. The van der Waals surface area contributed by atoms with Gasteiger partial charge in [0.15, 0.2) is 6.10 Å². The van der Waals surface area contributed by atoms with Crippen LogP contribution in [0.25, 0.3) is 0 Å². The van der Waals surface area contributed by atoms with Crippen LogP contribution in [-0.2, 0) is 25.5 Å². The lowest BCUT2D eigenvalue weighted by Crippen LogP contribution is -2.48. The Morgan fingerprint density at radius 2 is 2.14 bits per heavy atom. The molecule has 1 aliphatic rings. The second kappa shape index (κ2) is 7.22. The van der Waals surface area contributed by atoms with Crippen LogP contribution >= 0.6 is 0 Å². The summed E-state index contributed by atoms with van der Waals surface area (Å²) in [6.45, 7) is 3.22. The van der Waals surface area contributed by atoms with Gasteiger partial charge in [-0.1, -0.05) is 24.3 Å². The molecular formula is C16H21NO4. The smallest absolute Gasteiger partial charge is 0.336 e. The molecule has 21 heavy (non-hydrogen) atoms. The van der Waals surface area contributed by atoms with Gasteiger partial charge in [0.2, 0.25) is 5.91 Å². The maximum atomic E-state index is 12.3. The molecule has 1 aliphatic heterocycles. The minimum atomic E-state index is -0.661. The standard InChI is InChI=1S/C16H21NO4/c1-12-5-3-4-6-13(12)7-8-15(18)17-9-10-21-14(11-17)16(19)20-2/h3-6,14H,7-11H2,1-2H3. The van der Waals surface area contributed by atoms with E-state index >= 15 is 0 Å². The number of nitrogens with zero attached hydrogens (tertiary/aromatic N) is 1. The van der Waals surface area contributed by atoms with Crippen LogP contribution in [0.1, 0.15) is 17.5 Å². The Bertz CT molecular complexity index is 515. The Kier molecular flexibility index (Phi) is 5.33. The van der Waals surface area contributed by atoms with E-state index in [1.54, 1.807) is 4.90 Å². The van der Waals surface area contributed by atoms with Gasteiger partial charge in [0.25, 0.3) is 0 Å². The number of esters is 1. The second-order valence-corrected chi connectivity index (χ2v) is 5.15. The molecule has 1 fully saturated rings. The highest BCUT2D eigenvalue weighted by Gasteiger charge is 2.29. The van der Waals surface area contributed by atoms with E-state index in [1.807, 2.05) is 31.2 Å². The Labute approximate surface area is 124 Å². The minimum Gasteiger partial charge on any atom is -0.467 e. The molecule has 0 spiro atoms. The molecule has 0 N–H and O–H groups in total. The van der Waals surface area contributed by atoms with Gasteiger partial charge in [-0.3, -0.25) is 4.79 Å². The third-order valence-electron chi connectivity index (χ3n) is 3.75. The predicted molar refractivity (Wildman–Crippen MR) is 77.8 cm³/mol. The highest BCUT2D eigenvalue weighted by molar-refractivity contribution is 5.79. The summed E-state index contributed by atoms with van der Waals surface area (Å²) in [5, 5.41) is 0. The molecule has 1 aromatic rings. The highest BCUT2D eigenvalue weighted by Crippen LogP contribution is 2.13. The van der Waals surface area contributed by atoms with Crippen molar-refractivity contribution in [2.24, 2.45) is 0 Å². The molecule has 1 atom stereocenters. The van der Waals surface area contributed by atoms with Crippen molar-refractivity contribution >= 4 is 11.9 Å². The van der Waals surface area contributed by atoms with Crippen LogP contribution in [0, 0.1) is 6.92 Å². The molecular weight excluding hydrogens is 270 g/mol. The monoisotopic (exact) mass is 291 g/mol. The van der Waals surface area contributed by atoms with Crippen molar-refractivity contribution in [3.8, 4) is 0 Å². The molecule has 1 heterocycles. The van der Waals surface area contributed by atoms with Crippen LogP contribution in [0.3, 0.4) is 0 Å². The third kappa shape index (κ3) is 4.04. The Morgan fingerprint density at radius 3 is 2.86 bits per heavy atom. The van der Waals surface area contributed by atoms with Gasteiger partial charge in [0, 0.05) is 13.0 Å². The van der Waals surface area contributed by atoms with Crippen molar-refractivity contribution in [1.82, 2.24) is 4.90 Å². The van der Waals surface area contributed by atoms with Gasteiger partial charge < -0.3 is 14.4 Å². The average Bonchev–Trinajstić information content (AvgIpc) is 2.53. The SMILES string of the molecule is COC(=O)C1CN(C(=O)CCc2ccccc2C)CCO1. The van der Waals surface area contributed by atoms with E-state index in [4.69, 9.17) is 4.74 Å².